The molecule has 9 heteroatoms. The van der Waals surface area contributed by atoms with Crippen LogP contribution in [0.1, 0.15) is 25.3 Å². The minimum atomic E-state index is -3.43. The minimum Gasteiger partial charge on any atom is -0.369 e. The molecule has 3 aromatic rings. The first-order valence-electron chi connectivity index (χ1n) is 11.9. The number of hydrogen-bond acceptors (Lipinski definition) is 5. The molecule has 0 aliphatic carbocycles. The summed E-state index contributed by atoms with van der Waals surface area (Å²) in [5.41, 5.74) is 4.58. The van der Waals surface area contributed by atoms with Gasteiger partial charge in [0.2, 0.25) is 20.0 Å². The van der Waals surface area contributed by atoms with E-state index in [1.165, 1.54) is 17.6 Å². The summed E-state index contributed by atoms with van der Waals surface area (Å²) in [7, 11) is -5.25. The molecule has 4 rings (SSSR count). The number of rotatable bonds is 8. The third kappa shape index (κ3) is 5.74. The van der Waals surface area contributed by atoms with Gasteiger partial charge in [-0.3, -0.25) is 4.31 Å². The monoisotopic (exact) mass is 527 g/mol. The highest BCUT2D eigenvalue weighted by molar-refractivity contribution is 7.92. The molecule has 0 radical (unpaired) electrons. The number of nitrogens with zero attached hydrogens (tertiary/aromatic N) is 2. The highest BCUT2D eigenvalue weighted by atomic mass is 32.2. The van der Waals surface area contributed by atoms with Crippen LogP contribution in [0.25, 0.3) is 11.1 Å². The first-order chi connectivity index (χ1) is 17.0. The lowest BCUT2D eigenvalue weighted by Crippen LogP contribution is -2.43. The van der Waals surface area contributed by atoms with Gasteiger partial charge in [0, 0.05) is 37.8 Å². The molecule has 1 heterocycles. The summed E-state index contributed by atoms with van der Waals surface area (Å²) in [5.74, 6) is -0.0181. The van der Waals surface area contributed by atoms with Crippen molar-refractivity contribution in [2.75, 3.05) is 35.6 Å². The average Bonchev–Trinajstić information content (AvgIpc) is 3.26. The van der Waals surface area contributed by atoms with Gasteiger partial charge < -0.3 is 4.90 Å². The van der Waals surface area contributed by atoms with Crippen molar-refractivity contribution in [1.29, 1.82) is 0 Å². The van der Waals surface area contributed by atoms with Crippen LogP contribution in [0.4, 0.5) is 11.4 Å². The Balaban J connectivity index is 1.62. The van der Waals surface area contributed by atoms with E-state index in [1.54, 1.807) is 19.9 Å². The Morgan fingerprint density at radius 2 is 1.53 bits per heavy atom. The van der Waals surface area contributed by atoms with Crippen molar-refractivity contribution in [3.8, 4) is 11.1 Å². The van der Waals surface area contributed by atoms with E-state index in [2.05, 4.69) is 9.62 Å². The largest absolute Gasteiger partial charge is 0.369 e. The topological polar surface area (TPSA) is 86.8 Å². The first-order valence-corrected chi connectivity index (χ1v) is 15.3. The second-order valence-corrected chi connectivity index (χ2v) is 13.9. The van der Waals surface area contributed by atoms with Crippen LogP contribution in [0.3, 0.4) is 0 Å². The third-order valence-corrected chi connectivity index (χ3v) is 9.84. The Morgan fingerprint density at radius 1 is 0.861 bits per heavy atom. The zero-order chi connectivity index (χ0) is 26.1. The second-order valence-electron chi connectivity index (χ2n) is 9.57. The van der Waals surface area contributed by atoms with Crippen molar-refractivity contribution in [2.24, 2.45) is 0 Å². The van der Waals surface area contributed by atoms with Gasteiger partial charge in [-0.05, 0) is 54.8 Å². The fraction of sp³-hybridized carbons (Fsp3) is 0.333. The Morgan fingerprint density at radius 3 is 2.14 bits per heavy atom. The van der Waals surface area contributed by atoms with Crippen molar-refractivity contribution in [3.63, 3.8) is 0 Å². The predicted octanol–water partition coefficient (Wildman–Crippen LogP) is 4.05. The van der Waals surface area contributed by atoms with E-state index in [9.17, 15) is 16.8 Å². The first kappa shape index (κ1) is 26.2. The van der Waals surface area contributed by atoms with E-state index < -0.39 is 25.3 Å². The minimum absolute atomic E-state index is 0.0181. The molecule has 7 nitrogen and oxygen atoms in total. The van der Waals surface area contributed by atoms with Gasteiger partial charge in [-0.15, -0.1) is 0 Å². The molecule has 1 fully saturated rings. The number of sulfonamides is 2. The van der Waals surface area contributed by atoms with Crippen LogP contribution in [-0.4, -0.2) is 54.5 Å². The molecule has 1 N–H and O–H groups in total. The van der Waals surface area contributed by atoms with Crippen molar-refractivity contribution in [1.82, 2.24) is 4.72 Å². The quantitative estimate of drug-likeness (QED) is 0.478. The molecule has 1 aliphatic heterocycles. The Bertz CT molecular complexity index is 1410. The van der Waals surface area contributed by atoms with E-state index in [0.717, 1.165) is 22.4 Å². The van der Waals surface area contributed by atoms with E-state index in [0.29, 0.717) is 18.8 Å². The maximum Gasteiger partial charge on any atom is 0.231 e. The highest BCUT2D eigenvalue weighted by Gasteiger charge is 2.37. The van der Waals surface area contributed by atoms with Gasteiger partial charge in [0.05, 0.1) is 17.2 Å². The molecule has 1 saturated heterocycles. The molecule has 0 spiro atoms. The summed E-state index contributed by atoms with van der Waals surface area (Å²) in [6, 6.07) is 25.3. The Hall–Kier alpha value is -2.88. The standard InChI is InChI=1S/C27H33N3O4S2/c1-20(2)36(33,34)28-27-19-30(24-10-6-5-7-11-24)18-26(27)22-15-13-21(14-16-22)23-9-8-12-25(17-23)29(3)35(4,31)32/h5-17,20,26-28H,18-19H2,1-4H3/t26-,27+/m1/s1. The van der Waals surface area contributed by atoms with Gasteiger partial charge >= 0.3 is 0 Å². The predicted molar refractivity (Wildman–Crippen MR) is 148 cm³/mol. The fourth-order valence-corrected chi connectivity index (χ4v) is 5.88. The number of hydrogen-bond donors (Lipinski definition) is 1. The smallest absolute Gasteiger partial charge is 0.231 e. The number of benzene rings is 3. The van der Waals surface area contributed by atoms with Crippen LogP contribution >= 0.6 is 0 Å². The fourth-order valence-electron chi connectivity index (χ4n) is 4.45. The van der Waals surface area contributed by atoms with Crippen LogP contribution in [-0.2, 0) is 20.0 Å². The van der Waals surface area contributed by atoms with Crippen LogP contribution in [0, 0.1) is 0 Å². The lowest BCUT2D eigenvalue weighted by molar-refractivity contribution is 0.535. The average molecular weight is 528 g/mol. The van der Waals surface area contributed by atoms with E-state index in [-0.39, 0.29) is 12.0 Å². The van der Waals surface area contributed by atoms with Gasteiger partial charge in [-0.2, -0.15) is 0 Å². The summed E-state index contributed by atoms with van der Waals surface area (Å²) < 4.78 is 53.6. The summed E-state index contributed by atoms with van der Waals surface area (Å²) >= 11 is 0. The molecular weight excluding hydrogens is 494 g/mol. The Labute approximate surface area is 214 Å². The maximum atomic E-state index is 12.7. The van der Waals surface area contributed by atoms with Crippen LogP contribution in [0.5, 0.6) is 0 Å². The van der Waals surface area contributed by atoms with Gasteiger partial charge in [0.15, 0.2) is 0 Å². The molecule has 0 amide bonds. The molecule has 1 aliphatic rings. The number of anilines is 2. The molecular formula is C27H33N3O4S2. The summed E-state index contributed by atoms with van der Waals surface area (Å²) in [5, 5.41) is -0.511. The van der Waals surface area contributed by atoms with E-state index in [1.807, 2.05) is 72.8 Å². The summed E-state index contributed by atoms with van der Waals surface area (Å²) in [6.45, 7) is 4.66. The zero-order valence-electron chi connectivity index (χ0n) is 21.0. The van der Waals surface area contributed by atoms with Crippen LogP contribution in [0.2, 0.25) is 0 Å². The number of para-hydroxylation sites is 1. The lowest BCUT2D eigenvalue weighted by atomic mass is 9.93. The third-order valence-electron chi connectivity index (χ3n) is 6.76. The van der Waals surface area contributed by atoms with Crippen LogP contribution < -0.4 is 13.9 Å². The molecule has 0 saturated carbocycles. The molecule has 0 unspecified atom stereocenters. The Kier molecular flexibility index (Phi) is 7.45. The van der Waals surface area contributed by atoms with Gasteiger partial charge in [-0.1, -0.05) is 54.6 Å². The summed E-state index contributed by atoms with van der Waals surface area (Å²) in [6.07, 6.45) is 1.18. The zero-order valence-corrected chi connectivity index (χ0v) is 22.6. The molecule has 0 aromatic heterocycles. The number of nitrogens with one attached hydrogen (secondary N) is 1. The van der Waals surface area contributed by atoms with Crippen molar-refractivity contribution >= 4 is 31.4 Å². The molecule has 0 bridgehead atoms. The highest BCUT2D eigenvalue weighted by Crippen LogP contribution is 2.33. The van der Waals surface area contributed by atoms with Crippen molar-refractivity contribution < 1.29 is 16.8 Å². The molecule has 36 heavy (non-hydrogen) atoms. The van der Waals surface area contributed by atoms with Gasteiger partial charge in [0.1, 0.15) is 0 Å². The van der Waals surface area contributed by atoms with Gasteiger partial charge in [0.25, 0.3) is 0 Å². The van der Waals surface area contributed by atoms with Crippen LogP contribution in [0.15, 0.2) is 78.9 Å². The lowest BCUT2D eigenvalue weighted by Gasteiger charge is -2.21. The normalized spacial score (nSPS) is 18.5. The molecule has 3 aromatic carbocycles. The SMILES string of the molecule is CC(C)S(=O)(=O)N[C@H]1CN(c2ccccc2)C[C@@H]1c1ccc(-c2cccc(N(C)S(C)(=O)=O)c2)cc1. The van der Waals surface area contributed by atoms with Crippen molar-refractivity contribution in [2.45, 2.75) is 31.1 Å². The summed E-state index contributed by atoms with van der Waals surface area (Å²) in [4.78, 5) is 2.22. The second kappa shape index (κ2) is 10.2. The molecule has 2 atom stereocenters. The van der Waals surface area contributed by atoms with Crippen molar-refractivity contribution in [3.05, 3.63) is 84.4 Å². The van der Waals surface area contributed by atoms with Gasteiger partial charge in [-0.25, -0.2) is 21.6 Å². The van der Waals surface area contributed by atoms with E-state index >= 15 is 0 Å². The molecule has 192 valence electrons. The maximum absolute atomic E-state index is 12.7. The van der Waals surface area contributed by atoms with E-state index in [4.69, 9.17) is 0 Å².